The normalized spacial score (nSPS) is 10.5. The molecular weight excluding hydrogens is 294 g/mol. The summed E-state index contributed by atoms with van der Waals surface area (Å²) in [6.45, 7) is 0. The molecule has 0 aliphatic heterocycles. The Morgan fingerprint density at radius 3 is 2.32 bits per heavy atom. The van der Waals surface area contributed by atoms with E-state index in [4.69, 9.17) is 15.2 Å². The molecule has 3 aromatic rings. The molecule has 111 valence electrons. The molecule has 0 atom stereocenters. The topological polar surface area (TPSA) is 44.5 Å². The minimum atomic E-state index is 0.679. The standard InChI is InChI=1S/C18H16NO2S/c1-20-17-14(12-5-7-13(19)8-6-12)9-10-15(18(17)21-2)16-4-3-11-22-16/h3-8,10-11H,19H2,1-2H3. The number of hydrogen-bond donors (Lipinski definition) is 1. The minimum absolute atomic E-state index is 0.679. The molecule has 1 radical (unpaired) electrons. The van der Waals surface area contributed by atoms with Crippen LogP contribution < -0.4 is 15.2 Å². The second kappa shape index (κ2) is 6.12. The summed E-state index contributed by atoms with van der Waals surface area (Å²) in [7, 11) is 3.30. The van der Waals surface area contributed by atoms with Crippen LogP contribution in [0, 0.1) is 6.07 Å². The first-order chi connectivity index (χ1) is 10.7. The van der Waals surface area contributed by atoms with E-state index < -0.39 is 0 Å². The molecule has 1 heterocycles. The monoisotopic (exact) mass is 310 g/mol. The Kier molecular flexibility index (Phi) is 4.02. The smallest absolute Gasteiger partial charge is 0.170 e. The number of nitrogens with two attached hydrogens (primary N) is 1. The summed E-state index contributed by atoms with van der Waals surface area (Å²) in [6.07, 6.45) is 0. The highest BCUT2D eigenvalue weighted by Gasteiger charge is 2.18. The Morgan fingerprint density at radius 1 is 1.00 bits per heavy atom. The van der Waals surface area contributed by atoms with Gasteiger partial charge in [0.15, 0.2) is 11.5 Å². The van der Waals surface area contributed by atoms with Crippen LogP contribution in [0.4, 0.5) is 5.69 Å². The Morgan fingerprint density at radius 2 is 1.73 bits per heavy atom. The molecule has 0 aliphatic rings. The quantitative estimate of drug-likeness (QED) is 0.723. The van der Waals surface area contributed by atoms with Gasteiger partial charge in [0.25, 0.3) is 0 Å². The second-order valence-electron chi connectivity index (χ2n) is 4.74. The van der Waals surface area contributed by atoms with E-state index in [1.165, 1.54) is 0 Å². The van der Waals surface area contributed by atoms with Gasteiger partial charge < -0.3 is 15.2 Å². The van der Waals surface area contributed by atoms with E-state index in [0.29, 0.717) is 5.75 Å². The van der Waals surface area contributed by atoms with Gasteiger partial charge in [-0.15, -0.1) is 11.3 Å². The fraction of sp³-hybridized carbons (Fsp3) is 0.111. The molecular formula is C18H16NO2S. The molecule has 0 bridgehead atoms. The number of ether oxygens (including phenoxy) is 2. The zero-order valence-corrected chi connectivity index (χ0v) is 13.2. The first-order valence-electron chi connectivity index (χ1n) is 6.81. The van der Waals surface area contributed by atoms with Crippen LogP contribution in [-0.4, -0.2) is 14.2 Å². The maximum Gasteiger partial charge on any atom is 0.170 e. The number of methoxy groups -OCH3 is 2. The van der Waals surface area contributed by atoms with Gasteiger partial charge in [-0.3, -0.25) is 0 Å². The lowest BCUT2D eigenvalue weighted by molar-refractivity contribution is 0.357. The highest BCUT2D eigenvalue weighted by Crippen LogP contribution is 2.45. The van der Waals surface area contributed by atoms with E-state index in [1.807, 2.05) is 41.8 Å². The molecule has 2 N–H and O–H groups in total. The molecule has 0 saturated heterocycles. The zero-order chi connectivity index (χ0) is 15.5. The summed E-state index contributed by atoms with van der Waals surface area (Å²) in [6, 6.07) is 17.0. The maximum atomic E-state index is 5.75. The first-order valence-corrected chi connectivity index (χ1v) is 7.69. The van der Waals surface area contributed by atoms with Gasteiger partial charge in [0.2, 0.25) is 0 Å². The van der Waals surface area contributed by atoms with Crippen molar-refractivity contribution < 1.29 is 9.47 Å². The van der Waals surface area contributed by atoms with Crippen LogP contribution in [0.5, 0.6) is 11.5 Å². The molecule has 0 unspecified atom stereocenters. The molecule has 0 amide bonds. The number of hydrogen-bond acceptors (Lipinski definition) is 4. The van der Waals surface area contributed by atoms with Gasteiger partial charge in [0, 0.05) is 21.7 Å². The predicted octanol–water partition coefficient (Wildman–Crippen LogP) is 4.48. The summed E-state index contributed by atoms with van der Waals surface area (Å²) in [5, 5.41) is 2.04. The lowest BCUT2D eigenvalue weighted by Gasteiger charge is -2.16. The summed E-state index contributed by atoms with van der Waals surface area (Å²) in [5.41, 5.74) is 9.31. The van der Waals surface area contributed by atoms with Crippen molar-refractivity contribution in [3.8, 4) is 33.1 Å². The van der Waals surface area contributed by atoms with Crippen LogP contribution in [0.15, 0.2) is 47.8 Å². The highest BCUT2D eigenvalue weighted by atomic mass is 32.1. The van der Waals surface area contributed by atoms with Crippen molar-refractivity contribution in [1.82, 2.24) is 0 Å². The molecule has 2 aromatic carbocycles. The summed E-state index contributed by atoms with van der Waals surface area (Å²) in [4.78, 5) is 1.12. The van der Waals surface area contributed by atoms with E-state index in [0.717, 1.165) is 33.0 Å². The van der Waals surface area contributed by atoms with Crippen molar-refractivity contribution in [2.75, 3.05) is 20.0 Å². The summed E-state index contributed by atoms with van der Waals surface area (Å²) < 4.78 is 11.2. The minimum Gasteiger partial charge on any atom is -0.492 e. The molecule has 0 fully saturated rings. The Balaban J connectivity index is 2.19. The van der Waals surface area contributed by atoms with E-state index in [2.05, 4.69) is 12.1 Å². The SMILES string of the molecule is COc1c(-c2ccc(N)cc2)[c]cc(-c2cccs2)c1OC. The average Bonchev–Trinajstić information content (AvgIpc) is 3.08. The Bertz CT molecular complexity index is 765. The van der Waals surface area contributed by atoms with E-state index in [1.54, 1.807) is 25.6 Å². The number of anilines is 1. The van der Waals surface area contributed by atoms with Crippen molar-refractivity contribution in [1.29, 1.82) is 0 Å². The van der Waals surface area contributed by atoms with Gasteiger partial charge >= 0.3 is 0 Å². The molecule has 0 spiro atoms. The highest BCUT2D eigenvalue weighted by molar-refractivity contribution is 7.13. The Hall–Kier alpha value is -2.46. The molecule has 3 rings (SSSR count). The van der Waals surface area contributed by atoms with Crippen LogP contribution in [0.2, 0.25) is 0 Å². The predicted molar refractivity (Wildman–Crippen MR) is 91.5 cm³/mol. The van der Waals surface area contributed by atoms with Crippen LogP contribution in [-0.2, 0) is 0 Å². The third-order valence-corrected chi connectivity index (χ3v) is 4.34. The van der Waals surface area contributed by atoms with Crippen LogP contribution in [0.25, 0.3) is 21.6 Å². The molecule has 0 saturated carbocycles. The summed E-state index contributed by atoms with van der Waals surface area (Å²) >= 11 is 1.66. The van der Waals surface area contributed by atoms with Crippen LogP contribution in [0.3, 0.4) is 0 Å². The first kappa shape index (κ1) is 14.5. The molecule has 0 aliphatic carbocycles. The summed E-state index contributed by atoms with van der Waals surface area (Å²) in [5.74, 6) is 1.40. The lowest BCUT2D eigenvalue weighted by atomic mass is 10.0. The van der Waals surface area contributed by atoms with Crippen molar-refractivity contribution in [2.24, 2.45) is 0 Å². The van der Waals surface area contributed by atoms with Gasteiger partial charge in [-0.25, -0.2) is 0 Å². The number of benzene rings is 2. The van der Waals surface area contributed by atoms with Crippen molar-refractivity contribution >= 4 is 17.0 Å². The van der Waals surface area contributed by atoms with Gasteiger partial charge in [-0.05, 0) is 41.3 Å². The van der Waals surface area contributed by atoms with Gasteiger partial charge in [-0.2, -0.15) is 0 Å². The molecule has 4 heteroatoms. The van der Waals surface area contributed by atoms with E-state index >= 15 is 0 Å². The Labute approximate surface area is 133 Å². The number of thiophene rings is 1. The molecule has 22 heavy (non-hydrogen) atoms. The molecule has 1 aromatic heterocycles. The van der Waals surface area contributed by atoms with Gasteiger partial charge in [-0.1, -0.05) is 18.2 Å². The van der Waals surface area contributed by atoms with E-state index in [9.17, 15) is 0 Å². The number of rotatable bonds is 4. The third kappa shape index (κ3) is 2.53. The second-order valence-corrected chi connectivity index (χ2v) is 5.69. The lowest BCUT2D eigenvalue weighted by Crippen LogP contribution is -1.96. The van der Waals surface area contributed by atoms with Crippen molar-refractivity contribution in [3.63, 3.8) is 0 Å². The fourth-order valence-electron chi connectivity index (χ4n) is 2.39. The fourth-order valence-corrected chi connectivity index (χ4v) is 3.13. The van der Waals surface area contributed by atoms with E-state index in [-0.39, 0.29) is 0 Å². The van der Waals surface area contributed by atoms with Crippen molar-refractivity contribution in [3.05, 3.63) is 53.9 Å². The van der Waals surface area contributed by atoms with Crippen LogP contribution >= 0.6 is 11.3 Å². The van der Waals surface area contributed by atoms with Crippen molar-refractivity contribution in [2.45, 2.75) is 0 Å². The van der Waals surface area contributed by atoms with Gasteiger partial charge in [0.05, 0.1) is 14.2 Å². The maximum absolute atomic E-state index is 5.75. The number of nitrogen functional groups attached to an aromatic ring is 1. The zero-order valence-electron chi connectivity index (χ0n) is 12.4. The van der Waals surface area contributed by atoms with Gasteiger partial charge in [0.1, 0.15) is 0 Å². The van der Waals surface area contributed by atoms with Crippen LogP contribution in [0.1, 0.15) is 0 Å². The largest absolute Gasteiger partial charge is 0.492 e. The average molecular weight is 310 g/mol. The molecule has 3 nitrogen and oxygen atoms in total. The third-order valence-electron chi connectivity index (χ3n) is 3.43.